The lowest BCUT2D eigenvalue weighted by atomic mass is 9.91. The molecule has 0 saturated heterocycles. The lowest BCUT2D eigenvalue weighted by Crippen LogP contribution is -1.99. The molecule has 0 spiro atoms. The van der Waals surface area contributed by atoms with Gasteiger partial charge in [-0.05, 0) is 45.9 Å². The van der Waals surface area contributed by atoms with E-state index in [9.17, 15) is 0 Å². The summed E-state index contributed by atoms with van der Waals surface area (Å²) in [7, 11) is 0. The average Bonchev–Trinajstić information content (AvgIpc) is 3.06. The smallest absolute Gasteiger partial charge is 0.0516 e. The minimum atomic E-state index is 0.260. The van der Waals surface area contributed by atoms with Gasteiger partial charge in [-0.1, -0.05) is 74.5 Å². The maximum Gasteiger partial charge on any atom is 0.0516 e. The first-order chi connectivity index (χ1) is 11.7. The van der Waals surface area contributed by atoms with E-state index in [0.29, 0.717) is 5.92 Å². The molecule has 1 heterocycles. The quantitative estimate of drug-likeness (QED) is 0.575. The number of rotatable bonds is 3. The van der Waals surface area contributed by atoms with Crippen molar-refractivity contribution in [3.63, 3.8) is 0 Å². The van der Waals surface area contributed by atoms with E-state index >= 15 is 0 Å². The zero-order valence-electron chi connectivity index (χ0n) is 14.1. The van der Waals surface area contributed by atoms with Crippen LogP contribution < -0.4 is 0 Å². The van der Waals surface area contributed by atoms with Crippen LogP contribution >= 0.6 is 0 Å². The molecular weight excluding hydrogens is 290 g/mol. The first-order valence-electron chi connectivity index (χ1n) is 8.56. The van der Waals surface area contributed by atoms with Crippen LogP contribution in [0.5, 0.6) is 0 Å². The molecule has 0 radical (unpaired) electrons. The Balaban J connectivity index is 1.75. The fraction of sp³-hybridized carbons (Fsp3) is 0.174. The predicted octanol–water partition coefficient (Wildman–Crippen LogP) is 6.03. The summed E-state index contributed by atoms with van der Waals surface area (Å²) >= 11 is 0. The standard InChI is InChI=1S/C23H21N/c1-16(2)17-9-11-18(12-10-17)19-6-5-7-20-21(19)13-14-22(20)23-8-3-4-15-24-23/h3-16,22H,1-2H3. The molecule has 0 aliphatic heterocycles. The summed E-state index contributed by atoms with van der Waals surface area (Å²) in [6.07, 6.45) is 6.38. The Hall–Kier alpha value is -2.67. The molecule has 0 saturated carbocycles. The van der Waals surface area contributed by atoms with Crippen molar-refractivity contribution in [2.75, 3.05) is 0 Å². The van der Waals surface area contributed by atoms with Gasteiger partial charge in [0, 0.05) is 12.1 Å². The third kappa shape index (κ3) is 2.56. The highest BCUT2D eigenvalue weighted by atomic mass is 14.7. The third-order valence-corrected chi connectivity index (χ3v) is 4.83. The number of pyridine rings is 1. The second-order valence-electron chi connectivity index (χ2n) is 6.68. The van der Waals surface area contributed by atoms with E-state index in [1.165, 1.54) is 27.8 Å². The molecule has 2 aromatic carbocycles. The Morgan fingerprint density at radius 2 is 1.71 bits per heavy atom. The van der Waals surface area contributed by atoms with E-state index in [1.54, 1.807) is 0 Å². The summed E-state index contributed by atoms with van der Waals surface area (Å²) in [6, 6.07) is 21.7. The van der Waals surface area contributed by atoms with Crippen LogP contribution in [0.3, 0.4) is 0 Å². The zero-order valence-corrected chi connectivity index (χ0v) is 14.1. The lowest BCUT2D eigenvalue weighted by Gasteiger charge is -2.14. The van der Waals surface area contributed by atoms with Crippen LogP contribution in [0, 0.1) is 0 Å². The number of fused-ring (bicyclic) bond motifs is 1. The molecule has 24 heavy (non-hydrogen) atoms. The van der Waals surface area contributed by atoms with Crippen LogP contribution in [0.25, 0.3) is 17.2 Å². The predicted molar refractivity (Wildman–Crippen MR) is 101 cm³/mol. The van der Waals surface area contributed by atoms with Crippen LogP contribution in [0.2, 0.25) is 0 Å². The number of hydrogen-bond donors (Lipinski definition) is 0. The monoisotopic (exact) mass is 311 g/mol. The second kappa shape index (κ2) is 6.09. The van der Waals surface area contributed by atoms with Crippen molar-refractivity contribution >= 4 is 6.08 Å². The molecule has 1 nitrogen and oxygen atoms in total. The molecular formula is C23H21N. The van der Waals surface area contributed by atoms with E-state index in [2.05, 4.69) is 85.6 Å². The molecule has 0 fully saturated rings. The van der Waals surface area contributed by atoms with Gasteiger partial charge in [-0.25, -0.2) is 0 Å². The number of nitrogens with zero attached hydrogens (tertiary/aromatic N) is 1. The molecule has 1 aromatic heterocycles. The van der Waals surface area contributed by atoms with Crippen LogP contribution in [0.4, 0.5) is 0 Å². The van der Waals surface area contributed by atoms with Gasteiger partial charge in [-0.2, -0.15) is 0 Å². The summed E-state index contributed by atoms with van der Waals surface area (Å²) in [5.74, 6) is 0.824. The van der Waals surface area contributed by atoms with Crippen LogP contribution in [0.15, 0.2) is 72.9 Å². The SMILES string of the molecule is CC(C)c1ccc(-c2cccc3c2C=CC3c2ccccn2)cc1. The highest BCUT2D eigenvalue weighted by Crippen LogP contribution is 2.39. The Bertz CT molecular complexity index is 874. The topological polar surface area (TPSA) is 12.9 Å². The van der Waals surface area contributed by atoms with Gasteiger partial charge < -0.3 is 0 Å². The van der Waals surface area contributed by atoms with Crippen molar-refractivity contribution in [1.82, 2.24) is 4.98 Å². The maximum atomic E-state index is 4.54. The molecule has 0 bridgehead atoms. The van der Waals surface area contributed by atoms with E-state index in [-0.39, 0.29) is 5.92 Å². The van der Waals surface area contributed by atoms with Gasteiger partial charge in [-0.15, -0.1) is 0 Å². The van der Waals surface area contributed by atoms with Crippen LogP contribution in [0.1, 0.15) is 48.1 Å². The van der Waals surface area contributed by atoms with Gasteiger partial charge in [0.15, 0.2) is 0 Å². The summed E-state index contributed by atoms with van der Waals surface area (Å²) in [6.45, 7) is 4.46. The van der Waals surface area contributed by atoms with Gasteiger partial charge in [0.05, 0.1) is 5.69 Å². The lowest BCUT2D eigenvalue weighted by molar-refractivity contribution is 0.867. The molecule has 1 unspecified atom stereocenters. The molecule has 1 aliphatic carbocycles. The van der Waals surface area contributed by atoms with E-state index < -0.39 is 0 Å². The summed E-state index contributed by atoms with van der Waals surface area (Å²) in [5.41, 5.74) is 7.75. The van der Waals surface area contributed by atoms with E-state index in [0.717, 1.165) is 5.69 Å². The first kappa shape index (κ1) is 14.9. The molecule has 118 valence electrons. The number of hydrogen-bond acceptors (Lipinski definition) is 1. The van der Waals surface area contributed by atoms with Gasteiger partial charge in [0.25, 0.3) is 0 Å². The molecule has 3 aromatic rings. The Morgan fingerprint density at radius 3 is 2.42 bits per heavy atom. The normalized spacial score (nSPS) is 15.7. The van der Waals surface area contributed by atoms with Gasteiger partial charge in [-0.3, -0.25) is 4.98 Å². The minimum Gasteiger partial charge on any atom is -0.260 e. The molecule has 1 aliphatic rings. The van der Waals surface area contributed by atoms with Crippen molar-refractivity contribution < 1.29 is 0 Å². The minimum absolute atomic E-state index is 0.260. The van der Waals surface area contributed by atoms with Crippen LogP contribution in [-0.2, 0) is 0 Å². The van der Waals surface area contributed by atoms with Crippen molar-refractivity contribution in [2.24, 2.45) is 0 Å². The van der Waals surface area contributed by atoms with Gasteiger partial charge >= 0.3 is 0 Å². The summed E-state index contributed by atoms with van der Waals surface area (Å²) in [4.78, 5) is 4.54. The number of benzene rings is 2. The fourth-order valence-electron chi connectivity index (χ4n) is 3.45. The number of aromatic nitrogens is 1. The third-order valence-electron chi connectivity index (χ3n) is 4.83. The van der Waals surface area contributed by atoms with E-state index in [1.807, 2.05) is 12.3 Å². The van der Waals surface area contributed by atoms with Crippen molar-refractivity contribution in [3.8, 4) is 11.1 Å². The first-order valence-corrected chi connectivity index (χ1v) is 8.56. The molecule has 4 rings (SSSR count). The molecule has 1 atom stereocenters. The van der Waals surface area contributed by atoms with Crippen molar-refractivity contribution in [3.05, 3.63) is 95.3 Å². The molecule has 0 amide bonds. The van der Waals surface area contributed by atoms with Crippen LogP contribution in [-0.4, -0.2) is 4.98 Å². The number of allylic oxidation sites excluding steroid dienone is 1. The summed E-state index contributed by atoms with van der Waals surface area (Å²) in [5, 5.41) is 0. The highest BCUT2D eigenvalue weighted by molar-refractivity contribution is 5.81. The average molecular weight is 311 g/mol. The molecule has 0 N–H and O–H groups in total. The Labute approximate surface area is 143 Å². The Kier molecular flexibility index (Phi) is 3.78. The van der Waals surface area contributed by atoms with Gasteiger partial charge in [0.2, 0.25) is 0 Å². The molecule has 1 heteroatoms. The fourth-order valence-corrected chi connectivity index (χ4v) is 3.45. The maximum absolute atomic E-state index is 4.54. The van der Waals surface area contributed by atoms with Gasteiger partial charge in [0.1, 0.15) is 0 Å². The summed E-state index contributed by atoms with van der Waals surface area (Å²) < 4.78 is 0. The highest BCUT2D eigenvalue weighted by Gasteiger charge is 2.22. The van der Waals surface area contributed by atoms with Crippen molar-refractivity contribution in [1.29, 1.82) is 0 Å². The zero-order chi connectivity index (χ0) is 16.5. The Morgan fingerprint density at radius 1 is 0.875 bits per heavy atom. The van der Waals surface area contributed by atoms with Crippen molar-refractivity contribution in [2.45, 2.75) is 25.7 Å². The largest absolute Gasteiger partial charge is 0.260 e. The van der Waals surface area contributed by atoms with E-state index in [4.69, 9.17) is 0 Å². The second-order valence-corrected chi connectivity index (χ2v) is 6.68.